The van der Waals surface area contributed by atoms with Gasteiger partial charge in [-0.1, -0.05) is 6.07 Å². The van der Waals surface area contributed by atoms with Crippen LogP contribution in [0.5, 0.6) is 17.2 Å². The van der Waals surface area contributed by atoms with Crippen LogP contribution in [0.15, 0.2) is 36.4 Å². The zero-order valence-corrected chi connectivity index (χ0v) is 16.3. The molecule has 0 aliphatic carbocycles. The molecule has 2 N–H and O–H groups in total. The predicted molar refractivity (Wildman–Crippen MR) is 103 cm³/mol. The first kappa shape index (κ1) is 21.0. The molecule has 0 radical (unpaired) electrons. The van der Waals surface area contributed by atoms with Crippen LogP contribution in [0.1, 0.15) is 5.56 Å². The molecule has 150 valence electrons. The van der Waals surface area contributed by atoms with Gasteiger partial charge < -0.3 is 24.4 Å². The number of rotatable bonds is 9. The molecule has 0 heterocycles. The second-order valence-electron chi connectivity index (χ2n) is 6.15. The summed E-state index contributed by atoms with van der Waals surface area (Å²) in [6, 6.07) is 9.83. The number of para-hydroxylation sites is 1. The van der Waals surface area contributed by atoms with Gasteiger partial charge in [-0.15, -0.1) is 0 Å². The lowest BCUT2D eigenvalue weighted by Crippen LogP contribution is -3.08. The Morgan fingerprint density at radius 1 is 1.14 bits per heavy atom. The number of likely N-dealkylation sites (N-methyl/N-ethyl adjacent to an activating group) is 1. The third kappa shape index (κ3) is 5.10. The minimum absolute atomic E-state index is 0.115. The van der Waals surface area contributed by atoms with Crippen molar-refractivity contribution in [2.24, 2.45) is 0 Å². The van der Waals surface area contributed by atoms with Crippen molar-refractivity contribution < 1.29 is 28.8 Å². The van der Waals surface area contributed by atoms with E-state index in [2.05, 4.69) is 5.32 Å². The fourth-order valence-corrected chi connectivity index (χ4v) is 2.84. The smallest absolute Gasteiger partial charge is 0.296 e. The molecule has 0 saturated carbocycles. The van der Waals surface area contributed by atoms with E-state index in [1.165, 1.54) is 19.2 Å². The third-order valence-corrected chi connectivity index (χ3v) is 4.11. The molecular formula is C19H24N3O6+. The molecule has 0 aliphatic heterocycles. The Morgan fingerprint density at radius 2 is 1.89 bits per heavy atom. The largest absolute Gasteiger partial charge is 0.496 e. The Hall–Kier alpha value is -3.33. The summed E-state index contributed by atoms with van der Waals surface area (Å²) < 4.78 is 15.7. The Morgan fingerprint density at radius 3 is 2.50 bits per heavy atom. The van der Waals surface area contributed by atoms with Crippen molar-refractivity contribution in [2.75, 3.05) is 40.2 Å². The number of nitrogens with zero attached hydrogens (tertiary/aromatic N) is 1. The average molecular weight is 390 g/mol. The SMILES string of the molecule is COc1ccc(NC(=O)C[NH+](C)Cc2cccc(OC)c2OC)c([N+](=O)[O-])c1. The second kappa shape index (κ2) is 9.56. The van der Waals surface area contributed by atoms with Gasteiger partial charge in [-0.05, 0) is 24.3 Å². The summed E-state index contributed by atoms with van der Waals surface area (Å²) in [7, 11) is 6.39. The van der Waals surface area contributed by atoms with Crippen LogP contribution in [-0.4, -0.2) is 45.8 Å². The third-order valence-electron chi connectivity index (χ3n) is 4.11. The second-order valence-corrected chi connectivity index (χ2v) is 6.15. The summed E-state index contributed by atoms with van der Waals surface area (Å²) in [6.45, 7) is 0.627. The minimum atomic E-state index is -0.560. The van der Waals surface area contributed by atoms with E-state index < -0.39 is 4.92 Å². The summed E-state index contributed by atoms with van der Waals surface area (Å²) in [5.41, 5.74) is 0.796. The van der Waals surface area contributed by atoms with E-state index in [-0.39, 0.29) is 23.8 Å². The number of anilines is 1. The van der Waals surface area contributed by atoms with Gasteiger partial charge in [0, 0.05) is 0 Å². The number of carbonyl (C=O) groups is 1. The van der Waals surface area contributed by atoms with E-state index in [4.69, 9.17) is 14.2 Å². The molecule has 9 nitrogen and oxygen atoms in total. The van der Waals surface area contributed by atoms with Gasteiger partial charge in [-0.25, -0.2) is 0 Å². The van der Waals surface area contributed by atoms with Gasteiger partial charge in [-0.3, -0.25) is 14.9 Å². The quantitative estimate of drug-likeness (QED) is 0.494. The number of ether oxygens (including phenoxy) is 3. The maximum absolute atomic E-state index is 12.4. The van der Waals surface area contributed by atoms with Gasteiger partial charge in [0.25, 0.3) is 11.6 Å². The van der Waals surface area contributed by atoms with Gasteiger partial charge in [0.05, 0.1) is 44.9 Å². The summed E-state index contributed by atoms with van der Waals surface area (Å²) in [5, 5.41) is 13.8. The summed E-state index contributed by atoms with van der Waals surface area (Å²) in [5.74, 6) is 1.24. The molecule has 1 atom stereocenters. The number of quaternary nitrogens is 1. The number of nitro benzene ring substituents is 1. The molecule has 2 aromatic rings. The first-order valence-corrected chi connectivity index (χ1v) is 8.53. The minimum Gasteiger partial charge on any atom is -0.496 e. The normalized spacial score (nSPS) is 11.4. The molecule has 0 saturated heterocycles. The lowest BCUT2D eigenvalue weighted by molar-refractivity contribution is -0.885. The molecule has 0 aliphatic rings. The number of benzene rings is 2. The highest BCUT2D eigenvalue weighted by Crippen LogP contribution is 2.30. The topological polar surface area (TPSA) is 104 Å². The fraction of sp³-hybridized carbons (Fsp3) is 0.316. The fourth-order valence-electron chi connectivity index (χ4n) is 2.84. The summed E-state index contributed by atoms with van der Waals surface area (Å²) >= 11 is 0. The molecule has 0 spiro atoms. The van der Waals surface area contributed by atoms with Gasteiger partial charge >= 0.3 is 0 Å². The van der Waals surface area contributed by atoms with E-state index in [9.17, 15) is 14.9 Å². The molecule has 28 heavy (non-hydrogen) atoms. The number of methoxy groups -OCH3 is 3. The van der Waals surface area contributed by atoms with Crippen LogP contribution in [-0.2, 0) is 11.3 Å². The van der Waals surface area contributed by atoms with Crippen LogP contribution in [0.3, 0.4) is 0 Å². The number of amides is 1. The van der Waals surface area contributed by atoms with Gasteiger partial charge in [0.1, 0.15) is 18.0 Å². The molecule has 1 unspecified atom stereocenters. The van der Waals surface area contributed by atoms with Crippen LogP contribution in [0, 0.1) is 10.1 Å². The van der Waals surface area contributed by atoms with Gasteiger partial charge in [-0.2, -0.15) is 0 Å². The Labute approximate surface area is 163 Å². The van der Waals surface area contributed by atoms with E-state index >= 15 is 0 Å². The van der Waals surface area contributed by atoms with Crippen LogP contribution in [0.2, 0.25) is 0 Å². The molecule has 0 aromatic heterocycles. The standard InChI is InChI=1S/C19H23N3O6/c1-21(11-13-6-5-7-17(27-3)19(13)28-4)12-18(23)20-15-9-8-14(26-2)10-16(15)22(24)25/h5-10H,11-12H2,1-4H3,(H,20,23)/p+1. The van der Waals surface area contributed by atoms with Crippen molar-refractivity contribution in [1.82, 2.24) is 0 Å². The van der Waals surface area contributed by atoms with Gasteiger partial charge in [0.15, 0.2) is 18.0 Å². The first-order valence-electron chi connectivity index (χ1n) is 8.53. The molecule has 0 fully saturated rings. The van der Waals surface area contributed by atoms with Crippen molar-refractivity contribution in [2.45, 2.75) is 6.54 Å². The highest BCUT2D eigenvalue weighted by atomic mass is 16.6. The van der Waals surface area contributed by atoms with Crippen LogP contribution >= 0.6 is 0 Å². The maximum Gasteiger partial charge on any atom is 0.296 e. The molecule has 1 amide bonds. The highest BCUT2D eigenvalue weighted by molar-refractivity contribution is 5.93. The predicted octanol–water partition coefficient (Wildman–Crippen LogP) is 1.27. The highest BCUT2D eigenvalue weighted by Gasteiger charge is 2.20. The number of nitro groups is 1. The van der Waals surface area contributed by atoms with Crippen LogP contribution < -0.4 is 24.4 Å². The molecule has 9 heteroatoms. The van der Waals surface area contributed by atoms with E-state index in [0.717, 1.165) is 10.5 Å². The van der Waals surface area contributed by atoms with Gasteiger partial charge in [0.2, 0.25) is 0 Å². The number of nitrogens with one attached hydrogen (secondary N) is 2. The lowest BCUT2D eigenvalue weighted by atomic mass is 10.1. The summed E-state index contributed by atoms with van der Waals surface area (Å²) in [4.78, 5) is 23.9. The van der Waals surface area contributed by atoms with E-state index in [1.54, 1.807) is 26.4 Å². The Balaban J connectivity index is 2.07. The van der Waals surface area contributed by atoms with Crippen molar-refractivity contribution in [1.29, 1.82) is 0 Å². The Kier molecular flexibility index (Phi) is 7.16. The maximum atomic E-state index is 12.4. The van der Waals surface area contributed by atoms with E-state index in [1.807, 2.05) is 19.2 Å². The number of hydrogen-bond donors (Lipinski definition) is 2. The molecule has 2 aromatic carbocycles. The first-order chi connectivity index (χ1) is 13.4. The Bertz CT molecular complexity index is 856. The zero-order valence-electron chi connectivity index (χ0n) is 16.3. The molecule has 2 rings (SSSR count). The number of hydrogen-bond acceptors (Lipinski definition) is 6. The lowest BCUT2D eigenvalue weighted by Gasteiger charge is -2.17. The van der Waals surface area contributed by atoms with Crippen molar-refractivity contribution in [3.63, 3.8) is 0 Å². The van der Waals surface area contributed by atoms with Crippen LogP contribution in [0.4, 0.5) is 11.4 Å². The van der Waals surface area contributed by atoms with Crippen molar-refractivity contribution >= 4 is 17.3 Å². The monoisotopic (exact) mass is 390 g/mol. The van der Waals surface area contributed by atoms with E-state index in [0.29, 0.717) is 23.8 Å². The molecule has 0 bridgehead atoms. The van der Waals surface area contributed by atoms with Crippen molar-refractivity contribution in [3.05, 3.63) is 52.1 Å². The van der Waals surface area contributed by atoms with Crippen molar-refractivity contribution in [3.8, 4) is 17.2 Å². The molecular weight excluding hydrogens is 366 g/mol. The number of carbonyl (C=O) groups excluding carboxylic acids is 1. The van der Waals surface area contributed by atoms with Crippen LogP contribution in [0.25, 0.3) is 0 Å². The summed E-state index contributed by atoms with van der Waals surface area (Å²) in [6.07, 6.45) is 0. The average Bonchev–Trinajstić information content (AvgIpc) is 2.67. The zero-order chi connectivity index (χ0) is 20.7.